The molecule has 1 aromatic carbocycles. The van der Waals surface area contributed by atoms with Crippen molar-refractivity contribution in [2.24, 2.45) is 0 Å². The first-order valence-electron chi connectivity index (χ1n) is 9.79. The largest absolute Gasteiger partial charge is 0.436 e. The standard InChI is InChI=1S/C20H20ClF3N6O/c1-12-2-4-13(5-3-12)10-29-11-25-19(28-29)26-15(31)8-9-30-17(14-6-7-14)16(21)18(27-30)20(22,23)24/h2-5,11,14H,6-10H2,1H3,(H,26,28,31). The van der Waals surface area contributed by atoms with Crippen LogP contribution in [0.15, 0.2) is 30.6 Å². The van der Waals surface area contributed by atoms with Gasteiger partial charge in [-0.1, -0.05) is 41.4 Å². The lowest BCUT2D eigenvalue weighted by Gasteiger charge is -2.06. The number of alkyl halides is 3. The topological polar surface area (TPSA) is 77.6 Å². The summed E-state index contributed by atoms with van der Waals surface area (Å²) in [5, 5.41) is 10.0. The van der Waals surface area contributed by atoms with Crippen molar-refractivity contribution < 1.29 is 18.0 Å². The Morgan fingerprint density at radius 1 is 1.23 bits per heavy atom. The van der Waals surface area contributed by atoms with Gasteiger partial charge in [0.2, 0.25) is 11.9 Å². The molecule has 1 amide bonds. The fourth-order valence-corrected chi connectivity index (χ4v) is 3.65. The van der Waals surface area contributed by atoms with Crippen molar-refractivity contribution in [1.82, 2.24) is 24.5 Å². The molecular formula is C20H20ClF3N6O. The summed E-state index contributed by atoms with van der Waals surface area (Å²) in [5.74, 6) is -0.331. The highest BCUT2D eigenvalue weighted by Gasteiger charge is 2.42. The molecule has 1 N–H and O–H groups in total. The summed E-state index contributed by atoms with van der Waals surface area (Å²) < 4.78 is 42.2. The Kier molecular flexibility index (Phi) is 5.74. The third-order valence-electron chi connectivity index (χ3n) is 4.97. The van der Waals surface area contributed by atoms with Crippen LogP contribution in [0.4, 0.5) is 19.1 Å². The van der Waals surface area contributed by atoms with Crippen LogP contribution in [0, 0.1) is 6.92 Å². The third-order valence-corrected chi connectivity index (χ3v) is 5.34. The Balaban J connectivity index is 1.37. The molecule has 0 radical (unpaired) electrons. The highest BCUT2D eigenvalue weighted by molar-refractivity contribution is 6.32. The number of carbonyl (C=O) groups is 1. The van der Waals surface area contributed by atoms with Gasteiger partial charge in [-0.25, -0.2) is 9.67 Å². The van der Waals surface area contributed by atoms with Crippen molar-refractivity contribution in [3.05, 3.63) is 58.1 Å². The van der Waals surface area contributed by atoms with Crippen molar-refractivity contribution >= 4 is 23.5 Å². The molecule has 1 fully saturated rings. The molecule has 2 aromatic heterocycles. The number of hydrogen-bond donors (Lipinski definition) is 1. The van der Waals surface area contributed by atoms with Crippen molar-refractivity contribution in [3.8, 4) is 0 Å². The van der Waals surface area contributed by atoms with Crippen LogP contribution in [0.2, 0.25) is 5.02 Å². The minimum atomic E-state index is -4.64. The molecule has 31 heavy (non-hydrogen) atoms. The lowest BCUT2D eigenvalue weighted by atomic mass is 10.1. The van der Waals surface area contributed by atoms with Gasteiger partial charge in [0.05, 0.1) is 23.8 Å². The van der Waals surface area contributed by atoms with Crippen LogP contribution in [0.1, 0.15) is 47.7 Å². The highest BCUT2D eigenvalue weighted by atomic mass is 35.5. The second-order valence-corrected chi connectivity index (χ2v) is 7.97. The number of amides is 1. The fraction of sp³-hybridized carbons (Fsp3) is 0.400. The lowest BCUT2D eigenvalue weighted by Crippen LogP contribution is -2.17. The van der Waals surface area contributed by atoms with E-state index in [-0.39, 0.29) is 29.9 Å². The van der Waals surface area contributed by atoms with Crippen LogP contribution in [-0.2, 0) is 24.1 Å². The first-order chi connectivity index (χ1) is 14.7. The zero-order valence-electron chi connectivity index (χ0n) is 16.7. The second kappa shape index (κ2) is 8.33. The minimum Gasteiger partial charge on any atom is -0.293 e. The monoisotopic (exact) mass is 452 g/mol. The van der Waals surface area contributed by atoms with Crippen molar-refractivity contribution in [2.75, 3.05) is 5.32 Å². The Bertz CT molecular complexity index is 1090. The summed E-state index contributed by atoms with van der Waals surface area (Å²) in [6.07, 6.45) is -1.69. The first kappa shape index (κ1) is 21.4. The van der Waals surface area contributed by atoms with Crippen LogP contribution in [-0.4, -0.2) is 30.5 Å². The zero-order valence-corrected chi connectivity index (χ0v) is 17.4. The van der Waals surface area contributed by atoms with Gasteiger partial charge >= 0.3 is 6.18 Å². The number of benzene rings is 1. The van der Waals surface area contributed by atoms with E-state index in [4.69, 9.17) is 11.6 Å². The molecule has 0 atom stereocenters. The van der Waals surface area contributed by atoms with Crippen molar-refractivity contribution in [3.63, 3.8) is 0 Å². The molecule has 2 heterocycles. The Morgan fingerprint density at radius 2 is 1.94 bits per heavy atom. The normalized spacial score (nSPS) is 14.1. The van der Waals surface area contributed by atoms with E-state index in [2.05, 4.69) is 20.5 Å². The maximum atomic E-state index is 13.1. The summed E-state index contributed by atoms with van der Waals surface area (Å²) in [4.78, 5) is 16.3. The Hall–Kier alpha value is -2.88. The van der Waals surface area contributed by atoms with Crippen molar-refractivity contribution in [1.29, 1.82) is 0 Å². The van der Waals surface area contributed by atoms with E-state index in [0.29, 0.717) is 12.2 Å². The van der Waals surface area contributed by atoms with E-state index in [0.717, 1.165) is 24.0 Å². The van der Waals surface area contributed by atoms with Gasteiger partial charge in [-0.15, -0.1) is 5.10 Å². The van der Waals surface area contributed by atoms with E-state index >= 15 is 0 Å². The van der Waals surface area contributed by atoms with Gasteiger partial charge in [-0.3, -0.25) is 14.8 Å². The van der Waals surface area contributed by atoms with Gasteiger partial charge in [0.25, 0.3) is 0 Å². The molecule has 0 saturated heterocycles. The van der Waals surface area contributed by atoms with Gasteiger partial charge < -0.3 is 0 Å². The smallest absolute Gasteiger partial charge is 0.293 e. The van der Waals surface area contributed by atoms with E-state index < -0.39 is 17.8 Å². The second-order valence-electron chi connectivity index (χ2n) is 7.59. The lowest BCUT2D eigenvalue weighted by molar-refractivity contribution is -0.141. The summed E-state index contributed by atoms with van der Waals surface area (Å²) in [5.41, 5.74) is 1.44. The predicted molar refractivity (Wildman–Crippen MR) is 108 cm³/mol. The number of rotatable bonds is 7. The van der Waals surface area contributed by atoms with Gasteiger partial charge in [-0.05, 0) is 25.3 Å². The summed E-state index contributed by atoms with van der Waals surface area (Å²) >= 11 is 5.95. The third kappa shape index (κ3) is 5.07. The summed E-state index contributed by atoms with van der Waals surface area (Å²) in [7, 11) is 0. The number of hydrogen-bond acceptors (Lipinski definition) is 4. The first-order valence-corrected chi connectivity index (χ1v) is 10.2. The van der Waals surface area contributed by atoms with E-state index in [1.165, 1.54) is 11.0 Å². The van der Waals surface area contributed by atoms with Gasteiger partial charge in [0, 0.05) is 12.3 Å². The molecule has 3 aromatic rings. The highest BCUT2D eigenvalue weighted by Crippen LogP contribution is 2.46. The number of aryl methyl sites for hydroxylation is 2. The molecule has 0 aliphatic heterocycles. The average molecular weight is 453 g/mol. The van der Waals surface area contributed by atoms with Gasteiger partial charge in [0.15, 0.2) is 5.69 Å². The zero-order chi connectivity index (χ0) is 22.2. The number of halogens is 4. The molecule has 1 aliphatic carbocycles. The number of nitrogens with zero attached hydrogens (tertiary/aromatic N) is 5. The van der Waals surface area contributed by atoms with E-state index in [9.17, 15) is 18.0 Å². The average Bonchev–Trinajstić information content (AvgIpc) is 3.34. The molecule has 4 rings (SSSR count). The molecule has 11 heteroatoms. The summed E-state index contributed by atoms with van der Waals surface area (Å²) in [6.45, 7) is 2.49. The molecule has 0 bridgehead atoms. The van der Waals surface area contributed by atoms with E-state index in [1.807, 2.05) is 31.2 Å². The Morgan fingerprint density at radius 3 is 2.58 bits per heavy atom. The maximum Gasteiger partial charge on any atom is 0.436 e. The minimum absolute atomic E-state index is 0.0163. The van der Waals surface area contributed by atoms with Gasteiger partial charge in [-0.2, -0.15) is 18.3 Å². The Labute approximate surface area is 181 Å². The van der Waals surface area contributed by atoms with Crippen LogP contribution in [0.25, 0.3) is 0 Å². The number of nitrogens with one attached hydrogen (secondary N) is 1. The molecule has 0 unspecified atom stereocenters. The molecular weight excluding hydrogens is 433 g/mol. The molecule has 164 valence electrons. The van der Waals surface area contributed by atoms with Crippen LogP contribution in [0.3, 0.4) is 0 Å². The molecule has 0 spiro atoms. The van der Waals surface area contributed by atoms with Crippen LogP contribution in [0.5, 0.6) is 0 Å². The quantitative estimate of drug-likeness (QED) is 0.576. The summed E-state index contributed by atoms with van der Waals surface area (Å²) in [6, 6.07) is 7.96. The SMILES string of the molecule is Cc1ccc(Cn2cnc(NC(=O)CCn3nc(C(F)(F)F)c(Cl)c3C3CC3)n2)cc1. The molecule has 1 saturated carbocycles. The van der Waals surface area contributed by atoms with Crippen molar-refractivity contribution in [2.45, 2.75) is 51.4 Å². The van der Waals surface area contributed by atoms with Crippen LogP contribution >= 0.6 is 11.6 Å². The predicted octanol–water partition coefficient (Wildman–Crippen LogP) is 4.41. The van der Waals surface area contributed by atoms with E-state index in [1.54, 1.807) is 4.68 Å². The fourth-order valence-electron chi connectivity index (χ4n) is 3.25. The number of carbonyl (C=O) groups excluding carboxylic acids is 1. The maximum absolute atomic E-state index is 13.1. The van der Waals surface area contributed by atoms with Crippen LogP contribution < -0.4 is 5.32 Å². The van der Waals surface area contributed by atoms with Gasteiger partial charge in [0.1, 0.15) is 6.33 Å². The number of aromatic nitrogens is 5. The molecule has 1 aliphatic rings. The molecule has 7 nitrogen and oxygen atoms in total. The number of anilines is 1.